The topological polar surface area (TPSA) is 124 Å². The van der Waals surface area contributed by atoms with Gasteiger partial charge in [0.2, 0.25) is 0 Å². The number of alkyl carbamates (subject to hydrolysis) is 1. The Morgan fingerprint density at radius 3 is 2.50 bits per heavy atom. The number of ether oxygens (including phenoxy) is 1. The Kier molecular flexibility index (Phi) is 6.63. The van der Waals surface area contributed by atoms with Gasteiger partial charge in [0.05, 0.1) is 11.5 Å². The fourth-order valence-electron chi connectivity index (χ4n) is 1.71. The summed E-state index contributed by atoms with van der Waals surface area (Å²) in [5, 5.41) is 20.0. The van der Waals surface area contributed by atoms with Gasteiger partial charge in [0.25, 0.3) is 5.91 Å². The highest BCUT2D eigenvalue weighted by molar-refractivity contribution is 5.93. The number of carbonyl (C=O) groups excluding carboxylic acids is 3. The Morgan fingerprint density at radius 1 is 1.38 bits per heavy atom. The second kappa shape index (κ2) is 8.23. The molecule has 2 N–H and O–H groups in total. The Labute approximate surface area is 140 Å². The van der Waals surface area contributed by atoms with Crippen LogP contribution in [0.25, 0.3) is 0 Å². The van der Waals surface area contributed by atoms with Crippen molar-refractivity contribution in [2.24, 2.45) is 0 Å². The van der Waals surface area contributed by atoms with Crippen molar-refractivity contribution in [2.45, 2.75) is 45.9 Å². The summed E-state index contributed by atoms with van der Waals surface area (Å²) in [5.74, 6) is -1.75. The standard InChI is InChI=1S/C15H22N4O5/c1-5-16-12(20)10-6-7-19(17-8-10)9-11(13(21)22)18-14(23)24-15(2,3)4/h6-8,11H,5,9H2,1-4H3,(H2-,16,18,20,21,22,23)/t11-/m0/s1. The summed E-state index contributed by atoms with van der Waals surface area (Å²) in [6.07, 6.45) is 1.89. The number of aliphatic carboxylic acids is 1. The molecule has 0 saturated heterocycles. The van der Waals surface area contributed by atoms with Crippen LogP contribution in [0.15, 0.2) is 18.5 Å². The number of nitrogens with zero attached hydrogens (tertiary/aromatic N) is 2. The van der Waals surface area contributed by atoms with E-state index < -0.39 is 23.7 Å². The molecule has 24 heavy (non-hydrogen) atoms. The quantitative estimate of drug-likeness (QED) is 0.625. The largest absolute Gasteiger partial charge is 0.548 e. The van der Waals surface area contributed by atoms with E-state index in [-0.39, 0.29) is 12.5 Å². The van der Waals surface area contributed by atoms with Crippen LogP contribution < -0.4 is 20.4 Å². The van der Waals surface area contributed by atoms with E-state index >= 15 is 0 Å². The van der Waals surface area contributed by atoms with Crippen molar-refractivity contribution in [3.05, 3.63) is 24.0 Å². The first-order valence-electron chi connectivity index (χ1n) is 7.46. The second-order valence-corrected chi connectivity index (χ2v) is 6.01. The van der Waals surface area contributed by atoms with Crippen molar-refractivity contribution in [3.8, 4) is 0 Å². The highest BCUT2D eigenvalue weighted by Gasteiger charge is 2.23. The first-order chi connectivity index (χ1) is 11.1. The number of aromatic nitrogens is 2. The summed E-state index contributed by atoms with van der Waals surface area (Å²) in [7, 11) is 0. The third-order valence-electron chi connectivity index (χ3n) is 2.72. The molecule has 0 radical (unpaired) electrons. The Balaban J connectivity index is 2.73. The zero-order chi connectivity index (χ0) is 18.3. The van der Waals surface area contributed by atoms with Crippen molar-refractivity contribution in [1.82, 2.24) is 15.7 Å². The van der Waals surface area contributed by atoms with Crippen molar-refractivity contribution in [2.75, 3.05) is 6.54 Å². The third kappa shape index (κ3) is 6.59. The lowest BCUT2D eigenvalue weighted by Gasteiger charge is -2.22. The smallest absolute Gasteiger partial charge is 0.408 e. The number of hydrogen-bond acceptors (Lipinski definition) is 6. The zero-order valence-corrected chi connectivity index (χ0v) is 14.2. The minimum Gasteiger partial charge on any atom is -0.548 e. The van der Waals surface area contributed by atoms with Gasteiger partial charge in [0.1, 0.15) is 17.8 Å². The van der Waals surface area contributed by atoms with Gasteiger partial charge in [-0.25, -0.2) is 4.79 Å². The van der Waals surface area contributed by atoms with Crippen molar-refractivity contribution in [1.29, 1.82) is 0 Å². The molecule has 1 aromatic heterocycles. The van der Waals surface area contributed by atoms with Crippen molar-refractivity contribution in [3.63, 3.8) is 0 Å². The molecule has 0 saturated carbocycles. The molecule has 1 atom stereocenters. The Hall–Kier alpha value is -2.71. The van der Waals surface area contributed by atoms with E-state index in [1.165, 1.54) is 23.1 Å². The lowest BCUT2D eigenvalue weighted by molar-refractivity contribution is -0.755. The van der Waals surface area contributed by atoms with Crippen molar-refractivity contribution < 1.29 is 28.9 Å². The van der Waals surface area contributed by atoms with Crippen LogP contribution in [-0.2, 0) is 16.1 Å². The van der Waals surface area contributed by atoms with Crippen LogP contribution in [0.2, 0.25) is 0 Å². The van der Waals surface area contributed by atoms with Crippen LogP contribution >= 0.6 is 0 Å². The van der Waals surface area contributed by atoms with Crippen LogP contribution in [0.1, 0.15) is 38.1 Å². The molecule has 0 spiro atoms. The molecular weight excluding hydrogens is 316 g/mol. The van der Waals surface area contributed by atoms with E-state index in [1.54, 1.807) is 27.7 Å². The molecule has 1 rings (SSSR count). The summed E-state index contributed by atoms with van der Waals surface area (Å²) in [6.45, 7) is 7.10. The van der Waals surface area contributed by atoms with E-state index in [9.17, 15) is 19.5 Å². The van der Waals surface area contributed by atoms with Crippen LogP contribution in [0.5, 0.6) is 0 Å². The molecule has 9 nitrogen and oxygen atoms in total. The predicted molar refractivity (Wildman–Crippen MR) is 80.6 cm³/mol. The van der Waals surface area contributed by atoms with Crippen LogP contribution in [0.4, 0.5) is 4.79 Å². The maximum absolute atomic E-state index is 11.7. The third-order valence-corrected chi connectivity index (χ3v) is 2.72. The molecule has 2 amide bonds. The van der Waals surface area contributed by atoms with Crippen LogP contribution in [-0.4, -0.2) is 41.3 Å². The minimum absolute atomic E-state index is 0.169. The summed E-state index contributed by atoms with van der Waals surface area (Å²) < 4.78 is 6.29. The normalized spacial score (nSPS) is 12.2. The average molecular weight is 338 g/mol. The van der Waals surface area contributed by atoms with E-state index in [0.29, 0.717) is 12.1 Å². The molecule has 0 unspecified atom stereocenters. The van der Waals surface area contributed by atoms with Gasteiger partial charge in [-0.3, -0.25) is 4.79 Å². The maximum Gasteiger partial charge on any atom is 0.408 e. The number of amides is 2. The van der Waals surface area contributed by atoms with Gasteiger partial charge in [-0.1, -0.05) is 4.68 Å². The van der Waals surface area contributed by atoms with E-state index in [0.717, 1.165) is 0 Å². The fraction of sp³-hybridized carbons (Fsp3) is 0.533. The molecule has 132 valence electrons. The molecule has 0 bridgehead atoms. The van der Waals surface area contributed by atoms with E-state index in [2.05, 4.69) is 15.7 Å². The van der Waals surface area contributed by atoms with Gasteiger partial charge in [0.15, 0.2) is 12.7 Å². The van der Waals surface area contributed by atoms with Crippen LogP contribution in [0, 0.1) is 0 Å². The molecule has 9 heteroatoms. The SMILES string of the molecule is CCNC(=O)c1cc[n+](C[C@H](NC(=O)OC(C)(C)C)C(=O)[O-])nc1. The van der Waals surface area contributed by atoms with Gasteiger partial charge in [-0.15, -0.1) is 0 Å². The predicted octanol–water partition coefficient (Wildman–Crippen LogP) is -1.24. The lowest BCUT2D eigenvalue weighted by atomic mass is 10.2. The number of rotatable bonds is 6. The Bertz CT molecular complexity index is 595. The van der Waals surface area contributed by atoms with Gasteiger partial charge in [-0.05, 0) is 32.8 Å². The summed E-state index contributed by atoms with van der Waals surface area (Å²) >= 11 is 0. The molecular formula is C15H22N4O5. The fourth-order valence-corrected chi connectivity index (χ4v) is 1.71. The first-order valence-corrected chi connectivity index (χ1v) is 7.46. The van der Waals surface area contributed by atoms with Gasteiger partial charge in [0, 0.05) is 12.6 Å². The van der Waals surface area contributed by atoms with Crippen LogP contribution in [0.3, 0.4) is 0 Å². The highest BCUT2D eigenvalue weighted by atomic mass is 16.6. The maximum atomic E-state index is 11.7. The van der Waals surface area contributed by atoms with Gasteiger partial charge >= 0.3 is 6.09 Å². The van der Waals surface area contributed by atoms with Crippen molar-refractivity contribution >= 4 is 18.0 Å². The number of hydrogen-bond donors (Lipinski definition) is 2. The molecule has 1 aromatic rings. The highest BCUT2D eigenvalue weighted by Crippen LogP contribution is 2.06. The molecule has 0 aliphatic heterocycles. The number of carbonyl (C=O) groups is 3. The van der Waals surface area contributed by atoms with E-state index in [1.807, 2.05) is 0 Å². The Morgan fingerprint density at radius 2 is 2.04 bits per heavy atom. The monoisotopic (exact) mass is 338 g/mol. The van der Waals surface area contributed by atoms with Gasteiger partial charge < -0.3 is 25.3 Å². The molecule has 0 aliphatic rings. The molecule has 1 heterocycles. The first kappa shape index (κ1) is 19.3. The number of nitrogens with one attached hydrogen (secondary N) is 2. The molecule has 0 fully saturated rings. The average Bonchev–Trinajstić information content (AvgIpc) is 2.45. The number of carboxylic acid groups (broad SMARTS) is 1. The lowest BCUT2D eigenvalue weighted by Crippen LogP contribution is -2.57. The van der Waals surface area contributed by atoms with E-state index in [4.69, 9.17) is 4.74 Å². The summed E-state index contributed by atoms with van der Waals surface area (Å²) in [6, 6.07) is 0.172. The summed E-state index contributed by atoms with van der Waals surface area (Å²) in [4.78, 5) is 34.5. The molecule has 0 aromatic carbocycles. The zero-order valence-electron chi connectivity index (χ0n) is 14.2. The van der Waals surface area contributed by atoms with Gasteiger partial charge in [-0.2, -0.15) is 0 Å². The number of carboxylic acids is 1. The minimum atomic E-state index is -1.47. The molecule has 0 aliphatic carbocycles. The summed E-state index contributed by atoms with van der Waals surface area (Å²) in [5.41, 5.74) is -0.404. The second-order valence-electron chi connectivity index (χ2n) is 6.01.